The number of nitrogens with zero attached hydrogens (tertiary/aromatic N) is 1. The molecule has 4 heteroatoms. The van der Waals surface area contributed by atoms with Crippen LogP contribution in [0, 0.1) is 6.92 Å². The van der Waals surface area contributed by atoms with Gasteiger partial charge in [0.2, 0.25) is 0 Å². The van der Waals surface area contributed by atoms with Crippen LogP contribution in [0.15, 0.2) is 84.9 Å². The second-order valence-corrected chi connectivity index (χ2v) is 11.1. The number of ether oxygens (including phenoxy) is 1. The first kappa shape index (κ1) is 24.4. The van der Waals surface area contributed by atoms with Crippen LogP contribution in [-0.2, 0) is 16.8 Å². The van der Waals surface area contributed by atoms with E-state index in [1.165, 1.54) is 38.0 Å². The first-order valence-corrected chi connectivity index (χ1v) is 13.6. The number of hydrogen-bond donors (Lipinski definition) is 1. The summed E-state index contributed by atoms with van der Waals surface area (Å²) in [5, 5.41) is 11.6. The number of aliphatic carboxylic acids is 1. The molecule has 4 aromatic rings. The second-order valence-electron chi connectivity index (χ2n) is 11.1. The molecule has 4 nitrogen and oxygen atoms in total. The first-order valence-electron chi connectivity index (χ1n) is 13.6. The second kappa shape index (κ2) is 9.45. The molecule has 192 valence electrons. The zero-order valence-corrected chi connectivity index (χ0v) is 22.1. The van der Waals surface area contributed by atoms with Crippen LogP contribution in [0.4, 0.5) is 5.69 Å². The van der Waals surface area contributed by atoms with Crippen LogP contribution in [0.3, 0.4) is 0 Å². The van der Waals surface area contributed by atoms with Crippen molar-refractivity contribution in [1.82, 2.24) is 4.48 Å². The molecule has 0 bridgehead atoms. The molecule has 1 unspecified atom stereocenters. The number of likely N-dealkylation sites (tertiary alicyclic amines) is 1. The van der Waals surface area contributed by atoms with E-state index in [0.29, 0.717) is 0 Å². The van der Waals surface area contributed by atoms with Crippen LogP contribution in [0.1, 0.15) is 47.1 Å². The lowest BCUT2D eigenvalue weighted by molar-refractivity contribution is -0.136. The number of carboxylic acids is 1. The molecule has 2 heterocycles. The number of benzene rings is 4. The van der Waals surface area contributed by atoms with Gasteiger partial charge in [0.15, 0.2) is 5.60 Å². The molecule has 2 aliphatic rings. The molecule has 0 aliphatic carbocycles. The van der Waals surface area contributed by atoms with E-state index in [9.17, 15) is 9.90 Å². The fourth-order valence-electron chi connectivity index (χ4n) is 6.25. The molecular formula is C34H34NO3+. The van der Waals surface area contributed by atoms with Gasteiger partial charge in [-0.1, -0.05) is 54.1 Å². The van der Waals surface area contributed by atoms with E-state index in [4.69, 9.17) is 4.74 Å². The highest BCUT2D eigenvalue weighted by Gasteiger charge is 2.39. The van der Waals surface area contributed by atoms with E-state index in [-0.39, 0.29) is 6.42 Å². The zero-order chi connectivity index (χ0) is 26.3. The molecule has 6 rings (SSSR count). The number of quaternary nitrogens is 1. The van der Waals surface area contributed by atoms with Gasteiger partial charge in [0.05, 0.1) is 26.6 Å². The Hall–Kier alpha value is -3.89. The van der Waals surface area contributed by atoms with Crippen molar-refractivity contribution in [2.24, 2.45) is 0 Å². The number of rotatable bonds is 5. The van der Waals surface area contributed by atoms with Gasteiger partial charge in [-0.3, -0.25) is 9.28 Å². The average Bonchev–Trinajstić information content (AvgIpc) is 2.94. The summed E-state index contributed by atoms with van der Waals surface area (Å²) in [6.45, 7) is 4.41. The quantitative estimate of drug-likeness (QED) is 0.291. The lowest BCUT2D eigenvalue weighted by Crippen LogP contribution is -2.49. The number of carboxylic acid groups (broad SMARTS) is 1. The van der Waals surface area contributed by atoms with Gasteiger partial charge in [0, 0.05) is 22.1 Å². The lowest BCUT2D eigenvalue weighted by Gasteiger charge is -2.39. The van der Waals surface area contributed by atoms with Crippen LogP contribution >= 0.6 is 0 Å². The normalized spacial score (nSPS) is 20.1. The Morgan fingerprint density at radius 1 is 0.921 bits per heavy atom. The summed E-state index contributed by atoms with van der Waals surface area (Å²) in [4.78, 5) is 11.7. The summed E-state index contributed by atoms with van der Waals surface area (Å²) >= 11 is 0. The van der Waals surface area contributed by atoms with Crippen molar-refractivity contribution in [3.63, 3.8) is 0 Å². The third-order valence-electron chi connectivity index (χ3n) is 8.39. The van der Waals surface area contributed by atoms with Crippen molar-refractivity contribution in [2.45, 2.75) is 38.2 Å². The number of hydrogen-bond acceptors (Lipinski definition) is 2. The summed E-state index contributed by atoms with van der Waals surface area (Å²) in [5.41, 5.74) is 5.35. The maximum Gasteiger partial charge on any atom is 0.307 e. The van der Waals surface area contributed by atoms with E-state index in [1.807, 2.05) is 24.3 Å². The van der Waals surface area contributed by atoms with Crippen LogP contribution in [0.5, 0.6) is 5.75 Å². The molecule has 1 fully saturated rings. The Labute approximate surface area is 224 Å². The molecule has 0 saturated carbocycles. The number of carbonyl (C=O) groups is 1. The summed E-state index contributed by atoms with van der Waals surface area (Å²) in [5.74, 6) is -0.107. The smallest absolute Gasteiger partial charge is 0.307 e. The van der Waals surface area contributed by atoms with Crippen molar-refractivity contribution in [1.29, 1.82) is 0 Å². The van der Waals surface area contributed by atoms with E-state index < -0.39 is 11.6 Å². The Balaban J connectivity index is 1.53. The van der Waals surface area contributed by atoms with Crippen molar-refractivity contribution < 1.29 is 14.6 Å². The Bertz CT molecular complexity index is 1530. The number of aryl methyl sites for hydroxylation is 1. The number of fused-ring (bicyclic) bond motifs is 3. The highest BCUT2D eigenvalue weighted by atomic mass is 16.5. The lowest BCUT2D eigenvalue weighted by atomic mass is 9.82. The molecule has 0 radical (unpaired) electrons. The van der Waals surface area contributed by atoms with E-state index >= 15 is 0 Å². The monoisotopic (exact) mass is 504 g/mol. The molecule has 0 amide bonds. The highest BCUT2D eigenvalue weighted by molar-refractivity contribution is 5.95. The molecule has 1 atom stereocenters. The summed E-state index contributed by atoms with van der Waals surface area (Å²) in [7, 11) is 2.34. The van der Waals surface area contributed by atoms with E-state index in [2.05, 4.69) is 80.7 Å². The van der Waals surface area contributed by atoms with Gasteiger partial charge in [-0.15, -0.1) is 0 Å². The molecule has 0 spiro atoms. The molecule has 2 aliphatic heterocycles. The van der Waals surface area contributed by atoms with Gasteiger partial charge in [0.25, 0.3) is 0 Å². The third-order valence-corrected chi connectivity index (χ3v) is 8.39. The molecule has 1 N–H and O–H groups in total. The molecule has 1 saturated heterocycles. The molecule has 4 aromatic carbocycles. The largest absolute Gasteiger partial charge is 0.481 e. The SMILES string of the molecule is Cc1ccc2cc(CC(=O)O)c3c(c2c1)OC(c1ccccc1)(c1ccc([N+]2(C)CCCCC2)cc1)C=C3. The fourth-order valence-corrected chi connectivity index (χ4v) is 6.25. The highest BCUT2D eigenvalue weighted by Crippen LogP contribution is 2.47. The van der Waals surface area contributed by atoms with Crippen molar-refractivity contribution in [2.75, 3.05) is 20.1 Å². The van der Waals surface area contributed by atoms with Crippen LogP contribution in [0.25, 0.3) is 16.8 Å². The summed E-state index contributed by atoms with van der Waals surface area (Å²) in [6.07, 6.45) is 7.96. The molecule has 38 heavy (non-hydrogen) atoms. The predicted octanol–water partition coefficient (Wildman–Crippen LogP) is 7.25. The van der Waals surface area contributed by atoms with Gasteiger partial charge in [-0.25, -0.2) is 0 Å². The van der Waals surface area contributed by atoms with Gasteiger partial charge >= 0.3 is 5.97 Å². The zero-order valence-electron chi connectivity index (χ0n) is 22.1. The fraction of sp³-hybridized carbons (Fsp3) is 0.265. The maximum absolute atomic E-state index is 11.7. The maximum atomic E-state index is 11.7. The molecular weight excluding hydrogens is 470 g/mol. The Morgan fingerprint density at radius 2 is 1.63 bits per heavy atom. The van der Waals surface area contributed by atoms with Gasteiger partial charge in [-0.2, -0.15) is 0 Å². The standard InChI is InChI=1S/C34H33NO3/c1-24-11-12-25-22-26(23-32(36)37)30-17-18-34(27-9-5-3-6-10-27,38-33(30)31(25)21-24)28-13-15-29(16-14-28)35(2)19-7-4-8-20-35/h3,5-6,9-18,21-22H,4,7-8,19-20,23H2,1-2H3/p+1. The van der Waals surface area contributed by atoms with Gasteiger partial charge in [-0.05, 0) is 79.6 Å². The summed E-state index contributed by atoms with van der Waals surface area (Å²) in [6, 6.07) is 27.5. The average molecular weight is 505 g/mol. The minimum absolute atomic E-state index is 0.0522. The van der Waals surface area contributed by atoms with Crippen LogP contribution in [0.2, 0.25) is 0 Å². The Morgan fingerprint density at radius 3 is 2.34 bits per heavy atom. The minimum Gasteiger partial charge on any atom is -0.481 e. The predicted molar refractivity (Wildman–Crippen MR) is 155 cm³/mol. The van der Waals surface area contributed by atoms with Crippen molar-refractivity contribution in [3.8, 4) is 5.75 Å². The van der Waals surface area contributed by atoms with Crippen LogP contribution < -0.4 is 9.22 Å². The van der Waals surface area contributed by atoms with Crippen molar-refractivity contribution >= 4 is 28.5 Å². The topological polar surface area (TPSA) is 46.5 Å². The van der Waals surface area contributed by atoms with E-state index in [1.54, 1.807) is 0 Å². The van der Waals surface area contributed by atoms with Crippen molar-refractivity contribution in [3.05, 3.63) is 113 Å². The molecule has 0 aromatic heterocycles. The number of piperidine rings is 1. The first-order chi connectivity index (χ1) is 18.4. The third kappa shape index (κ3) is 4.19. The summed E-state index contributed by atoms with van der Waals surface area (Å²) < 4.78 is 8.08. The van der Waals surface area contributed by atoms with Crippen LogP contribution in [-0.4, -0.2) is 31.2 Å². The van der Waals surface area contributed by atoms with Gasteiger partial charge < -0.3 is 9.84 Å². The minimum atomic E-state index is -0.850. The Kier molecular flexibility index (Phi) is 6.08. The van der Waals surface area contributed by atoms with Gasteiger partial charge in [0.1, 0.15) is 11.4 Å². The van der Waals surface area contributed by atoms with E-state index in [0.717, 1.165) is 48.8 Å².